The zero-order valence-electron chi connectivity index (χ0n) is 14.8. The van der Waals surface area contributed by atoms with Crippen molar-refractivity contribution in [1.29, 1.82) is 0 Å². The molecule has 1 aliphatic rings. The summed E-state index contributed by atoms with van der Waals surface area (Å²) in [6.07, 6.45) is 4.85. The number of rotatable bonds is 2. The van der Waals surface area contributed by atoms with Gasteiger partial charge in [0.1, 0.15) is 5.82 Å². The standard InChI is InChI=1S/C18H20N6O2S/c1-10-2-3-14(11-4-5-27-9-11)24(8-10)18(26)17(25)22-13-7-20-16(19)12-6-21-23-15(12)13/h4-7,9-10,14H,2-3,8H2,1H3,(H2,19,20)(H,21,23)(H,22,25). The van der Waals surface area contributed by atoms with Crippen molar-refractivity contribution >= 4 is 45.6 Å². The van der Waals surface area contributed by atoms with Gasteiger partial charge in [0.25, 0.3) is 0 Å². The molecule has 2 amide bonds. The van der Waals surface area contributed by atoms with Crippen LogP contribution < -0.4 is 11.1 Å². The summed E-state index contributed by atoms with van der Waals surface area (Å²) in [6, 6.07) is 1.95. The van der Waals surface area contributed by atoms with Crippen molar-refractivity contribution in [2.75, 3.05) is 17.6 Å². The summed E-state index contributed by atoms with van der Waals surface area (Å²) in [7, 11) is 0. The minimum atomic E-state index is -0.688. The molecular weight excluding hydrogens is 364 g/mol. The number of nitrogens with two attached hydrogens (primary N) is 1. The Kier molecular flexibility index (Phi) is 4.53. The smallest absolute Gasteiger partial charge is 0.314 e. The minimum Gasteiger partial charge on any atom is -0.383 e. The number of nitrogens with one attached hydrogen (secondary N) is 2. The lowest BCUT2D eigenvalue weighted by Gasteiger charge is -2.38. The van der Waals surface area contributed by atoms with Gasteiger partial charge < -0.3 is 16.0 Å². The lowest BCUT2D eigenvalue weighted by molar-refractivity contribution is -0.146. The number of amides is 2. The third-order valence-corrected chi connectivity index (χ3v) is 5.67. The van der Waals surface area contributed by atoms with Crippen molar-refractivity contribution in [1.82, 2.24) is 20.1 Å². The number of hydrogen-bond donors (Lipinski definition) is 3. The Morgan fingerprint density at radius 3 is 3.00 bits per heavy atom. The predicted octanol–water partition coefficient (Wildman–Crippen LogP) is 2.54. The molecule has 8 nitrogen and oxygen atoms in total. The van der Waals surface area contributed by atoms with Crippen LogP contribution in [0.5, 0.6) is 0 Å². The van der Waals surface area contributed by atoms with E-state index in [4.69, 9.17) is 5.73 Å². The number of H-pyrrole nitrogens is 1. The number of aromatic nitrogens is 3. The fraction of sp³-hybridized carbons (Fsp3) is 0.333. The van der Waals surface area contributed by atoms with Gasteiger partial charge in [-0.1, -0.05) is 6.92 Å². The summed E-state index contributed by atoms with van der Waals surface area (Å²) in [5, 5.41) is 14.0. The van der Waals surface area contributed by atoms with E-state index in [9.17, 15) is 9.59 Å². The number of thiophene rings is 1. The number of anilines is 2. The van der Waals surface area contributed by atoms with E-state index in [0.29, 0.717) is 34.9 Å². The Morgan fingerprint density at radius 2 is 2.22 bits per heavy atom. The first kappa shape index (κ1) is 17.5. The highest BCUT2D eigenvalue weighted by Gasteiger charge is 2.34. The van der Waals surface area contributed by atoms with Crippen molar-refractivity contribution in [2.24, 2.45) is 5.92 Å². The highest BCUT2D eigenvalue weighted by atomic mass is 32.1. The number of carbonyl (C=O) groups is 2. The third-order valence-electron chi connectivity index (χ3n) is 4.97. The number of nitrogens with zero attached hydrogens (tertiary/aromatic N) is 3. The first-order chi connectivity index (χ1) is 13.0. The molecule has 2 atom stereocenters. The molecule has 140 valence electrons. The summed E-state index contributed by atoms with van der Waals surface area (Å²) in [5.41, 5.74) is 7.82. The number of hydrogen-bond acceptors (Lipinski definition) is 6. The second-order valence-electron chi connectivity index (χ2n) is 6.88. The van der Waals surface area contributed by atoms with Crippen molar-refractivity contribution in [2.45, 2.75) is 25.8 Å². The lowest BCUT2D eigenvalue weighted by Crippen LogP contribution is -2.46. The lowest BCUT2D eigenvalue weighted by atomic mass is 9.91. The van der Waals surface area contributed by atoms with E-state index in [1.807, 2.05) is 16.8 Å². The minimum absolute atomic E-state index is 0.0672. The van der Waals surface area contributed by atoms with Crippen LogP contribution in [-0.2, 0) is 9.59 Å². The molecular formula is C18H20N6O2S. The van der Waals surface area contributed by atoms with Crippen molar-refractivity contribution in [3.05, 3.63) is 34.8 Å². The van der Waals surface area contributed by atoms with E-state index >= 15 is 0 Å². The SMILES string of the molecule is CC1CCC(c2ccsc2)N(C(=O)C(=O)Nc2cnc(N)c3cn[nH]c23)C1. The predicted molar refractivity (Wildman–Crippen MR) is 104 cm³/mol. The van der Waals surface area contributed by atoms with Gasteiger partial charge >= 0.3 is 11.8 Å². The topological polar surface area (TPSA) is 117 Å². The van der Waals surface area contributed by atoms with Crippen LogP contribution in [-0.4, -0.2) is 38.4 Å². The zero-order chi connectivity index (χ0) is 19.0. The maximum absolute atomic E-state index is 12.9. The van der Waals surface area contributed by atoms with E-state index in [-0.39, 0.29) is 6.04 Å². The second-order valence-corrected chi connectivity index (χ2v) is 7.66. The molecule has 3 aromatic rings. The Balaban J connectivity index is 1.57. The molecule has 0 aromatic carbocycles. The van der Waals surface area contributed by atoms with Crippen molar-refractivity contribution in [3.8, 4) is 0 Å². The Hall–Kier alpha value is -2.94. The van der Waals surface area contributed by atoms with E-state index in [1.54, 1.807) is 16.2 Å². The van der Waals surface area contributed by atoms with Gasteiger partial charge in [-0.25, -0.2) is 4.98 Å². The summed E-state index contributed by atoms with van der Waals surface area (Å²) in [4.78, 5) is 31.4. The van der Waals surface area contributed by atoms with Gasteiger partial charge in [-0.05, 0) is 41.1 Å². The van der Waals surface area contributed by atoms with E-state index < -0.39 is 11.8 Å². The number of carbonyl (C=O) groups excluding carboxylic acids is 2. The quantitative estimate of drug-likeness (QED) is 0.587. The summed E-state index contributed by atoms with van der Waals surface area (Å²) in [5.74, 6) is -0.561. The number of likely N-dealkylation sites (tertiary alicyclic amines) is 1. The Labute approximate surface area is 159 Å². The van der Waals surface area contributed by atoms with E-state index in [1.165, 1.54) is 12.4 Å². The number of fused-ring (bicyclic) bond motifs is 1. The van der Waals surface area contributed by atoms with Crippen LogP contribution in [0.15, 0.2) is 29.2 Å². The molecule has 1 saturated heterocycles. The molecule has 2 unspecified atom stereocenters. The molecule has 0 radical (unpaired) electrons. The van der Waals surface area contributed by atoms with Gasteiger partial charge in [0.05, 0.1) is 35.0 Å². The average Bonchev–Trinajstić information content (AvgIpc) is 3.35. The highest BCUT2D eigenvalue weighted by Crippen LogP contribution is 2.34. The van der Waals surface area contributed by atoms with Crippen LogP contribution in [0.4, 0.5) is 11.5 Å². The normalized spacial score (nSPS) is 20.0. The molecule has 4 N–H and O–H groups in total. The van der Waals surface area contributed by atoms with E-state index in [0.717, 1.165) is 18.4 Å². The molecule has 0 bridgehead atoms. The Morgan fingerprint density at radius 1 is 1.37 bits per heavy atom. The molecule has 1 aliphatic heterocycles. The molecule has 4 heterocycles. The van der Waals surface area contributed by atoms with Crippen molar-refractivity contribution in [3.63, 3.8) is 0 Å². The molecule has 4 rings (SSSR count). The first-order valence-corrected chi connectivity index (χ1v) is 9.70. The van der Waals surface area contributed by atoms with Crippen LogP contribution in [0, 0.1) is 5.92 Å². The third kappa shape index (κ3) is 3.25. The fourth-order valence-electron chi connectivity index (χ4n) is 3.54. The number of aromatic amines is 1. The number of nitrogen functional groups attached to an aromatic ring is 1. The Bertz CT molecular complexity index is 983. The first-order valence-electron chi connectivity index (χ1n) is 8.76. The zero-order valence-corrected chi connectivity index (χ0v) is 15.6. The summed E-state index contributed by atoms with van der Waals surface area (Å²) < 4.78 is 0. The monoisotopic (exact) mass is 384 g/mol. The van der Waals surface area contributed by atoms with Gasteiger partial charge in [-0.3, -0.25) is 14.7 Å². The van der Waals surface area contributed by atoms with Crippen LogP contribution >= 0.6 is 11.3 Å². The number of piperidine rings is 1. The number of pyridine rings is 1. The van der Waals surface area contributed by atoms with Gasteiger partial charge in [-0.15, -0.1) is 0 Å². The van der Waals surface area contributed by atoms with E-state index in [2.05, 4.69) is 27.4 Å². The molecule has 1 fully saturated rings. The van der Waals surface area contributed by atoms with Gasteiger partial charge in [0.2, 0.25) is 0 Å². The molecule has 27 heavy (non-hydrogen) atoms. The molecule has 0 saturated carbocycles. The molecule has 3 aromatic heterocycles. The van der Waals surface area contributed by atoms with Crippen LogP contribution in [0.25, 0.3) is 10.9 Å². The average molecular weight is 384 g/mol. The van der Waals surface area contributed by atoms with Gasteiger partial charge in [0.15, 0.2) is 0 Å². The molecule has 0 aliphatic carbocycles. The van der Waals surface area contributed by atoms with Gasteiger partial charge in [0, 0.05) is 6.54 Å². The highest BCUT2D eigenvalue weighted by molar-refractivity contribution is 7.08. The summed E-state index contributed by atoms with van der Waals surface area (Å²) in [6.45, 7) is 2.66. The fourth-order valence-corrected chi connectivity index (χ4v) is 4.25. The van der Waals surface area contributed by atoms with Crippen LogP contribution in [0.1, 0.15) is 31.4 Å². The maximum Gasteiger partial charge on any atom is 0.314 e. The summed E-state index contributed by atoms with van der Waals surface area (Å²) >= 11 is 1.59. The largest absolute Gasteiger partial charge is 0.383 e. The van der Waals surface area contributed by atoms with Gasteiger partial charge in [-0.2, -0.15) is 16.4 Å². The molecule has 9 heteroatoms. The van der Waals surface area contributed by atoms with Crippen LogP contribution in [0.2, 0.25) is 0 Å². The van der Waals surface area contributed by atoms with Crippen LogP contribution in [0.3, 0.4) is 0 Å². The van der Waals surface area contributed by atoms with Crippen molar-refractivity contribution < 1.29 is 9.59 Å². The second kappa shape index (κ2) is 6.99. The molecule has 0 spiro atoms. The maximum atomic E-state index is 12.9.